The zero-order valence-electron chi connectivity index (χ0n) is 12.0. The van der Waals surface area contributed by atoms with E-state index in [1.807, 2.05) is 0 Å². The number of nitrogens with zero attached hydrogens (tertiary/aromatic N) is 1. The zero-order chi connectivity index (χ0) is 15.1. The van der Waals surface area contributed by atoms with E-state index in [9.17, 15) is 13.5 Å². The Morgan fingerprint density at radius 1 is 1.43 bits per heavy atom. The van der Waals surface area contributed by atoms with Crippen LogP contribution in [0.4, 0.5) is 0 Å². The van der Waals surface area contributed by atoms with Crippen molar-refractivity contribution < 1.29 is 13.5 Å². The first kappa shape index (κ1) is 14.5. The maximum atomic E-state index is 12.0. The van der Waals surface area contributed by atoms with E-state index >= 15 is 0 Å². The van der Waals surface area contributed by atoms with Crippen molar-refractivity contribution in [1.29, 1.82) is 0 Å². The highest BCUT2D eigenvalue weighted by Gasteiger charge is 2.34. The van der Waals surface area contributed by atoms with Gasteiger partial charge in [-0.2, -0.15) is 0 Å². The van der Waals surface area contributed by atoms with Gasteiger partial charge in [-0.05, 0) is 30.9 Å². The van der Waals surface area contributed by atoms with Crippen LogP contribution in [0.5, 0.6) is 0 Å². The minimum Gasteiger partial charge on any atom is -0.388 e. The molecule has 0 aromatic heterocycles. The third-order valence-electron chi connectivity index (χ3n) is 4.26. The lowest BCUT2D eigenvalue weighted by molar-refractivity contribution is -0.00400. The lowest BCUT2D eigenvalue weighted by atomic mass is 9.79. The third kappa shape index (κ3) is 2.82. The van der Waals surface area contributed by atoms with Gasteiger partial charge in [0.15, 0.2) is 0 Å². The number of benzene rings is 1. The van der Waals surface area contributed by atoms with E-state index in [2.05, 4.69) is 16.6 Å². The van der Waals surface area contributed by atoms with Gasteiger partial charge in [0, 0.05) is 5.56 Å². The van der Waals surface area contributed by atoms with Crippen molar-refractivity contribution >= 4 is 15.9 Å². The van der Waals surface area contributed by atoms with Gasteiger partial charge in [0.05, 0.1) is 17.0 Å². The fourth-order valence-corrected chi connectivity index (χ4v) is 4.50. The van der Waals surface area contributed by atoms with Crippen molar-refractivity contribution in [3.05, 3.63) is 29.8 Å². The zero-order valence-corrected chi connectivity index (χ0v) is 12.9. The molecule has 2 N–H and O–H groups in total. The lowest BCUT2D eigenvalue weighted by Crippen LogP contribution is -2.38. The molecule has 21 heavy (non-hydrogen) atoms. The molecule has 5 nitrogen and oxygen atoms in total. The van der Waals surface area contributed by atoms with E-state index in [1.54, 1.807) is 24.3 Å². The first-order valence-electron chi connectivity index (χ1n) is 7.29. The number of rotatable bonds is 2. The summed E-state index contributed by atoms with van der Waals surface area (Å²) in [6, 6.07) is 6.78. The summed E-state index contributed by atoms with van der Waals surface area (Å²) in [6.07, 6.45) is 3.57. The van der Waals surface area contributed by atoms with Crippen LogP contribution in [0, 0.1) is 5.92 Å². The van der Waals surface area contributed by atoms with Gasteiger partial charge < -0.3 is 5.11 Å². The topological polar surface area (TPSA) is 78.8 Å². The monoisotopic (exact) mass is 308 g/mol. The molecule has 1 aromatic rings. The van der Waals surface area contributed by atoms with E-state index in [4.69, 9.17) is 0 Å². The normalized spacial score (nSPS) is 32.7. The molecule has 0 amide bonds. The SMILES string of the molecule is CC1CCCC(O)(CN=C2NS(=O)(=O)c3ccccc32)C1. The molecule has 0 saturated heterocycles. The Bertz CT molecular complexity index is 684. The average Bonchev–Trinajstić information content (AvgIpc) is 2.69. The van der Waals surface area contributed by atoms with Crippen LogP contribution in [0.3, 0.4) is 0 Å². The number of fused-ring (bicyclic) bond motifs is 1. The predicted molar refractivity (Wildman–Crippen MR) is 80.7 cm³/mol. The second-order valence-corrected chi connectivity index (χ2v) is 7.84. The second-order valence-electron chi connectivity index (χ2n) is 6.19. The molecule has 6 heteroatoms. The van der Waals surface area contributed by atoms with Crippen LogP contribution in [0.25, 0.3) is 0 Å². The van der Waals surface area contributed by atoms with Gasteiger partial charge in [-0.25, -0.2) is 8.42 Å². The number of nitrogens with one attached hydrogen (secondary N) is 1. The highest BCUT2D eigenvalue weighted by Crippen LogP contribution is 2.32. The number of aliphatic imine (C=N–C) groups is 1. The van der Waals surface area contributed by atoms with Crippen molar-refractivity contribution in [1.82, 2.24) is 4.72 Å². The van der Waals surface area contributed by atoms with Gasteiger partial charge in [-0.1, -0.05) is 31.9 Å². The molecule has 1 saturated carbocycles. The number of sulfonamides is 1. The van der Waals surface area contributed by atoms with Crippen LogP contribution in [-0.2, 0) is 10.0 Å². The quantitative estimate of drug-likeness (QED) is 0.872. The molecule has 1 heterocycles. The van der Waals surface area contributed by atoms with E-state index in [1.165, 1.54) is 0 Å². The van der Waals surface area contributed by atoms with E-state index < -0.39 is 15.6 Å². The van der Waals surface area contributed by atoms with E-state index in [0.717, 1.165) is 25.7 Å². The van der Waals surface area contributed by atoms with Crippen molar-refractivity contribution in [2.75, 3.05) is 6.54 Å². The maximum Gasteiger partial charge on any atom is 0.263 e. The van der Waals surface area contributed by atoms with Gasteiger partial charge in [-0.15, -0.1) is 0 Å². The van der Waals surface area contributed by atoms with Crippen LogP contribution in [0.15, 0.2) is 34.2 Å². The molecule has 1 aliphatic carbocycles. The Balaban J connectivity index is 1.85. The molecule has 0 spiro atoms. The summed E-state index contributed by atoms with van der Waals surface area (Å²) in [4.78, 5) is 4.62. The largest absolute Gasteiger partial charge is 0.388 e. The number of hydrogen-bond acceptors (Lipinski definition) is 4. The average molecular weight is 308 g/mol. The van der Waals surface area contributed by atoms with E-state index in [-0.39, 0.29) is 11.4 Å². The standard InChI is InChI=1S/C15H20N2O3S/c1-11-5-4-8-15(18,9-11)10-16-14-12-6-2-3-7-13(12)21(19,20)17-14/h2-3,6-7,11,18H,4-5,8-10H2,1H3,(H,16,17). The molecule has 2 aliphatic rings. The first-order valence-corrected chi connectivity index (χ1v) is 8.77. The lowest BCUT2D eigenvalue weighted by Gasteiger charge is -2.34. The van der Waals surface area contributed by atoms with Crippen molar-refractivity contribution in [2.45, 2.75) is 43.1 Å². The number of aliphatic hydroxyl groups is 1. The van der Waals surface area contributed by atoms with Crippen LogP contribution in [0.1, 0.15) is 38.2 Å². The molecule has 1 aromatic carbocycles. The van der Waals surface area contributed by atoms with Crippen LogP contribution in [0.2, 0.25) is 0 Å². The number of amidine groups is 1. The van der Waals surface area contributed by atoms with Crippen molar-refractivity contribution in [3.63, 3.8) is 0 Å². The minimum atomic E-state index is -3.50. The van der Waals surface area contributed by atoms with Crippen molar-refractivity contribution in [2.24, 2.45) is 10.9 Å². The van der Waals surface area contributed by atoms with Crippen LogP contribution in [-0.4, -0.2) is 31.5 Å². The molecule has 2 atom stereocenters. The summed E-state index contributed by atoms with van der Waals surface area (Å²) < 4.78 is 26.5. The minimum absolute atomic E-state index is 0.240. The molecular formula is C15H20N2O3S. The Kier molecular flexibility index (Phi) is 3.53. The summed E-state index contributed by atoms with van der Waals surface area (Å²) in [7, 11) is -3.50. The second kappa shape index (κ2) is 5.10. The highest BCUT2D eigenvalue weighted by atomic mass is 32.2. The summed E-state index contributed by atoms with van der Waals surface area (Å²) in [5, 5.41) is 10.6. The van der Waals surface area contributed by atoms with E-state index in [0.29, 0.717) is 17.3 Å². The summed E-state index contributed by atoms with van der Waals surface area (Å²) in [5.41, 5.74) is -0.224. The van der Waals surface area contributed by atoms with Gasteiger partial charge >= 0.3 is 0 Å². The fourth-order valence-electron chi connectivity index (χ4n) is 3.25. The molecule has 0 radical (unpaired) electrons. The summed E-state index contributed by atoms with van der Waals surface area (Å²) >= 11 is 0. The Morgan fingerprint density at radius 3 is 2.95 bits per heavy atom. The Morgan fingerprint density at radius 2 is 2.19 bits per heavy atom. The van der Waals surface area contributed by atoms with Crippen LogP contribution >= 0.6 is 0 Å². The highest BCUT2D eigenvalue weighted by molar-refractivity contribution is 7.90. The molecule has 0 bridgehead atoms. The summed E-state index contributed by atoms with van der Waals surface area (Å²) in [6.45, 7) is 2.37. The predicted octanol–water partition coefficient (Wildman–Crippen LogP) is 1.67. The van der Waals surface area contributed by atoms with Crippen molar-refractivity contribution in [3.8, 4) is 0 Å². The van der Waals surface area contributed by atoms with Crippen LogP contribution < -0.4 is 4.72 Å². The van der Waals surface area contributed by atoms with Gasteiger partial charge in [-0.3, -0.25) is 9.71 Å². The molecule has 1 fully saturated rings. The molecular weight excluding hydrogens is 288 g/mol. The van der Waals surface area contributed by atoms with Gasteiger partial charge in [0.1, 0.15) is 5.84 Å². The first-order chi connectivity index (χ1) is 9.90. The smallest absolute Gasteiger partial charge is 0.263 e. The number of hydrogen-bond donors (Lipinski definition) is 2. The Hall–Kier alpha value is -1.40. The maximum absolute atomic E-state index is 12.0. The van der Waals surface area contributed by atoms with Gasteiger partial charge in [0.25, 0.3) is 10.0 Å². The molecule has 3 rings (SSSR count). The summed E-state index contributed by atoms with van der Waals surface area (Å²) in [5.74, 6) is 0.828. The Labute approximate surface area is 125 Å². The third-order valence-corrected chi connectivity index (χ3v) is 5.66. The molecule has 2 unspecified atom stereocenters. The van der Waals surface area contributed by atoms with Gasteiger partial charge in [0.2, 0.25) is 0 Å². The molecule has 1 aliphatic heterocycles. The fraction of sp³-hybridized carbons (Fsp3) is 0.533. The molecule has 114 valence electrons.